The zero-order valence-electron chi connectivity index (χ0n) is 13.1. The van der Waals surface area contributed by atoms with Crippen molar-refractivity contribution >= 4 is 5.69 Å². The normalized spacial score (nSPS) is 17.1. The maximum atomic E-state index is 5.33. The lowest BCUT2D eigenvalue weighted by atomic mass is 9.85. The van der Waals surface area contributed by atoms with Crippen LogP contribution in [-0.2, 0) is 0 Å². The van der Waals surface area contributed by atoms with E-state index in [1.807, 2.05) is 6.07 Å². The highest BCUT2D eigenvalue weighted by Gasteiger charge is 2.34. The molecule has 1 N–H and O–H groups in total. The Morgan fingerprint density at radius 1 is 1.30 bits per heavy atom. The van der Waals surface area contributed by atoms with Gasteiger partial charge in [0.2, 0.25) is 0 Å². The van der Waals surface area contributed by atoms with Crippen molar-refractivity contribution in [3.63, 3.8) is 0 Å². The minimum atomic E-state index is 0.438. The maximum Gasteiger partial charge on any atom is 0.120 e. The van der Waals surface area contributed by atoms with E-state index in [2.05, 4.69) is 42.4 Å². The van der Waals surface area contributed by atoms with Crippen molar-refractivity contribution in [1.82, 2.24) is 5.32 Å². The lowest BCUT2D eigenvalue weighted by molar-refractivity contribution is 0.289. The second-order valence-electron chi connectivity index (χ2n) is 6.04. The Labute approximate surface area is 123 Å². The first-order chi connectivity index (χ1) is 9.69. The summed E-state index contributed by atoms with van der Waals surface area (Å²) < 4.78 is 5.33. The highest BCUT2D eigenvalue weighted by Crippen LogP contribution is 2.39. The third-order valence-corrected chi connectivity index (χ3v) is 4.48. The van der Waals surface area contributed by atoms with Gasteiger partial charge in [0.1, 0.15) is 5.75 Å². The first kappa shape index (κ1) is 15.2. The molecule has 0 heterocycles. The largest absolute Gasteiger partial charge is 0.497 e. The van der Waals surface area contributed by atoms with Crippen LogP contribution in [0.2, 0.25) is 0 Å². The van der Waals surface area contributed by atoms with Crippen LogP contribution in [0, 0.1) is 5.41 Å². The number of hydrogen-bond donors (Lipinski definition) is 1. The third kappa shape index (κ3) is 3.66. The second kappa shape index (κ2) is 6.98. The fourth-order valence-electron chi connectivity index (χ4n) is 3.35. The van der Waals surface area contributed by atoms with Gasteiger partial charge in [-0.25, -0.2) is 0 Å². The summed E-state index contributed by atoms with van der Waals surface area (Å²) >= 11 is 0. The molecule has 1 fully saturated rings. The number of methoxy groups -OCH3 is 1. The Morgan fingerprint density at radius 2 is 2.05 bits per heavy atom. The predicted octanol–water partition coefficient (Wildman–Crippen LogP) is 3.30. The molecular weight excluding hydrogens is 248 g/mol. The fourth-order valence-corrected chi connectivity index (χ4v) is 3.35. The Morgan fingerprint density at radius 3 is 2.70 bits per heavy atom. The van der Waals surface area contributed by atoms with Crippen LogP contribution in [0.15, 0.2) is 24.3 Å². The SMILES string of the molecule is CCNCC1(CN(C)c2cccc(OC)c2)CCCC1. The number of ether oxygens (including phenoxy) is 1. The Bertz CT molecular complexity index is 413. The van der Waals surface area contributed by atoms with Crippen molar-refractivity contribution < 1.29 is 4.74 Å². The van der Waals surface area contributed by atoms with Gasteiger partial charge in [-0.1, -0.05) is 25.8 Å². The van der Waals surface area contributed by atoms with E-state index in [4.69, 9.17) is 4.74 Å². The fraction of sp³-hybridized carbons (Fsp3) is 0.647. The molecule has 0 atom stereocenters. The van der Waals surface area contributed by atoms with Crippen LogP contribution < -0.4 is 15.0 Å². The molecule has 0 unspecified atom stereocenters. The Balaban J connectivity index is 2.05. The molecule has 1 aromatic carbocycles. The van der Waals surface area contributed by atoms with Crippen molar-refractivity contribution in [3.05, 3.63) is 24.3 Å². The smallest absolute Gasteiger partial charge is 0.120 e. The summed E-state index contributed by atoms with van der Waals surface area (Å²) in [5, 5.41) is 3.56. The summed E-state index contributed by atoms with van der Waals surface area (Å²) in [6.07, 6.45) is 5.43. The van der Waals surface area contributed by atoms with Gasteiger partial charge in [-0.2, -0.15) is 0 Å². The molecule has 1 aromatic rings. The molecule has 0 spiro atoms. The molecule has 3 nitrogen and oxygen atoms in total. The van der Waals surface area contributed by atoms with Crippen LogP contribution in [0.5, 0.6) is 5.75 Å². The van der Waals surface area contributed by atoms with Crippen LogP contribution in [0.25, 0.3) is 0 Å². The predicted molar refractivity (Wildman–Crippen MR) is 85.7 cm³/mol. The molecule has 2 rings (SSSR count). The molecule has 3 heteroatoms. The number of rotatable bonds is 7. The minimum Gasteiger partial charge on any atom is -0.497 e. The zero-order valence-corrected chi connectivity index (χ0v) is 13.1. The Hall–Kier alpha value is -1.22. The summed E-state index contributed by atoms with van der Waals surface area (Å²) in [5.74, 6) is 0.932. The van der Waals surface area contributed by atoms with Crippen LogP contribution in [0.1, 0.15) is 32.6 Å². The van der Waals surface area contributed by atoms with Crippen LogP contribution in [0.3, 0.4) is 0 Å². The van der Waals surface area contributed by atoms with Gasteiger partial charge >= 0.3 is 0 Å². The molecule has 0 amide bonds. The van der Waals surface area contributed by atoms with E-state index < -0.39 is 0 Å². The van der Waals surface area contributed by atoms with Crippen molar-refractivity contribution in [3.8, 4) is 5.75 Å². The molecule has 112 valence electrons. The van der Waals surface area contributed by atoms with Crippen molar-refractivity contribution in [2.75, 3.05) is 38.7 Å². The van der Waals surface area contributed by atoms with E-state index >= 15 is 0 Å². The van der Waals surface area contributed by atoms with Gasteiger partial charge in [-0.3, -0.25) is 0 Å². The average Bonchev–Trinajstić information content (AvgIpc) is 2.94. The average molecular weight is 276 g/mol. The van der Waals surface area contributed by atoms with Crippen LogP contribution >= 0.6 is 0 Å². The van der Waals surface area contributed by atoms with E-state index in [0.717, 1.165) is 25.4 Å². The van der Waals surface area contributed by atoms with E-state index in [9.17, 15) is 0 Å². The monoisotopic (exact) mass is 276 g/mol. The van der Waals surface area contributed by atoms with E-state index in [1.54, 1.807) is 7.11 Å². The lowest BCUT2D eigenvalue weighted by Crippen LogP contribution is -2.41. The van der Waals surface area contributed by atoms with E-state index in [1.165, 1.54) is 31.4 Å². The summed E-state index contributed by atoms with van der Waals surface area (Å²) in [7, 11) is 3.92. The van der Waals surface area contributed by atoms with Crippen molar-refractivity contribution in [2.45, 2.75) is 32.6 Å². The number of anilines is 1. The molecule has 0 saturated heterocycles. The van der Waals surface area contributed by atoms with Gasteiger partial charge in [-0.05, 0) is 31.5 Å². The quantitative estimate of drug-likeness (QED) is 0.827. The third-order valence-electron chi connectivity index (χ3n) is 4.48. The molecule has 20 heavy (non-hydrogen) atoms. The summed E-state index contributed by atoms with van der Waals surface area (Å²) in [4.78, 5) is 2.38. The molecule has 0 radical (unpaired) electrons. The Kier molecular flexibility index (Phi) is 5.30. The molecule has 1 aliphatic rings. The summed E-state index contributed by atoms with van der Waals surface area (Å²) in [5.41, 5.74) is 1.68. The molecular formula is C17H28N2O. The van der Waals surface area contributed by atoms with Gasteiger partial charge in [0.15, 0.2) is 0 Å². The molecule has 0 aromatic heterocycles. The molecule has 1 aliphatic carbocycles. The molecule has 0 aliphatic heterocycles. The topological polar surface area (TPSA) is 24.5 Å². The van der Waals surface area contributed by atoms with Crippen LogP contribution in [-0.4, -0.2) is 33.8 Å². The highest BCUT2D eigenvalue weighted by atomic mass is 16.5. The summed E-state index contributed by atoms with van der Waals surface area (Å²) in [6, 6.07) is 8.35. The second-order valence-corrected chi connectivity index (χ2v) is 6.04. The van der Waals surface area contributed by atoms with Gasteiger partial charge in [0.05, 0.1) is 7.11 Å². The van der Waals surface area contributed by atoms with Gasteiger partial charge < -0.3 is 15.0 Å². The van der Waals surface area contributed by atoms with Crippen molar-refractivity contribution in [1.29, 1.82) is 0 Å². The van der Waals surface area contributed by atoms with Crippen LogP contribution in [0.4, 0.5) is 5.69 Å². The number of nitrogens with zero attached hydrogens (tertiary/aromatic N) is 1. The first-order valence-electron chi connectivity index (χ1n) is 7.75. The summed E-state index contributed by atoms with van der Waals surface area (Å²) in [6.45, 7) is 5.50. The zero-order chi connectivity index (χ0) is 14.4. The van der Waals surface area contributed by atoms with Gasteiger partial charge in [-0.15, -0.1) is 0 Å². The first-order valence-corrected chi connectivity index (χ1v) is 7.75. The van der Waals surface area contributed by atoms with E-state index in [-0.39, 0.29) is 0 Å². The van der Waals surface area contributed by atoms with E-state index in [0.29, 0.717) is 5.41 Å². The molecule has 0 bridgehead atoms. The molecule has 1 saturated carbocycles. The van der Waals surface area contributed by atoms with Gasteiger partial charge in [0, 0.05) is 37.3 Å². The number of nitrogens with one attached hydrogen (secondary N) is 1. The van der Waals surface area contributed by atoms with Crippen molar-refractivity contribution in [2.24, 2.45) is 5.41 Å². The standard InChI is InChI=1S/C17H28N2O/c1-4-18-13-17(10-5-6-11-17)14-19(2)15-8-7-9-16(12-15)20-3/h7-9,12,18H,4-6,10-11,13-14H2,1-3H3. The lowest BCUT2D eigenvalue weighted by Gasteiger charge is -2.35. The number of hydrogen-bond acceptors (Lipinski definition) is 3. The van der Waals surface area contributed by atoms with Gasteiger partial charge in [0.25, 0.3) is 0 Å². The minimum absolute atomic E-state index is 0.438. The number of benzene rings is 1. The highest BCUT2D eigenvalue weighted by molar-refractivity contribution is 5.50. The maximum absolute atomic E-state index is 5.33.